The number of aryl methyl sites for hydroxylation is 2. The van der Waals surface area contributed by atoms with Gasteiger partial charge in [-0.25, -0.2) is 4.68 Å². The van der Waals surface area contributed by atoms with Gasteiger partial charge in [0.1, 0.15) is 0 Å². The van der Waals surface area contributed by atoms with Crippen LogP contribution in [0.25, 0.3) is 5.69 Å². The lowest BCUT2D eigenvalue weighted by atomic mass is 9.98. The molecule has 1 amide bonds. The van der Waals surface area contributed by atoms with Gasteiger partial charge in [0.25, 0.3) is 5.91 Å². The SMILES string of the molecule is Cc1ccc(C)c(-n2ncc(C(=O)N3CC4CCC(N)C4C3)c2C)c1. The number of nitrogens with two attached hydrogens (primary N) is 1. The van der Waals surface area contributed by atoms with E-state index in [0.717, 1.165) is 42.9 Å². The van der Waals surface area contributed by atoms with E-state index >= 15 is 0 Å². The topological polar surface area (TPSA) is 64.2 Å². The van der Waals surface area contributed by atoms with Crippen LogP contribution in [-0.2, 0) is 0 Å². The molecule has 0 spiro atoms. The van der Waals surface area contributed by atoms with Crippen LogP contribution in [0.3, 0.4) is 0 Å². The molecule has 5 nitrogen and oxygen atoms in total. The minimum atomic E-state index is 0.0932. The predicted molar refractivity (Wildman–Crippen MR) is 97.9 cm³/mol. The fourth-order valence-corrected chi connectivity index (χ4v) is 4.45. The number of aromatic nitrogens is 2. The molecule has 25 heavy (non-hydrogen) atoms. The van der Waals surface area contributed by atoms with E-state index in [1.54, 1.807) is 6.20 Å². The first-order chi connectivity index (χ1) is 12.0. The second kappa shape index (κ2) is 5.99. The van der Waals surface area contributed by atoms with Crippen LogP contribution in [0.15, 0.2) is 24.4 Å². The van der Waals surface area contributed by atoms with E-state index in [-0.39, 0.29) is 11.9 Å². The summed E-state index contributed by atoms with van der Waals surface area (Å²) in [5, 5.41) is 4.51. The summed E-state index contributed by atoms with van der Waals surface area (Å²) in [6.45, 7) is 7.75. The summed E-state index contributed by atoms with van der Waals surface area (Å²) in [7, 11) is 0. The summed E-state index contributed by atoms with van der Waals surface area (Å²) in [6, 6.07) is 6.55. The zero-order valence-corrected chi connectivity index (χ0v) is 15.2. The largest absolute Gasteiger partial charge is 0.338 e. The minimum Gasteiger partial charge on any atom is -0.338 e. The van der Waals surface area contributed by atoms with Crippen molar-refractivity contribution in [1.29, 1.82) is 0 Å². The van der Waals surface area contributed by atoms with Gasteiger partial charge in [-0.15, -0.1) is 0 Å². The summed E-state index contributed by atoms with van der Waals surface area (Å²) in [6.07, 6.45) is 3.96. The fourth-order valence-electron chi connectivity index (χ4n) is 4.45. The Morgan fingerprint density at radius 1 is 1.20 bits per heavy atom. The van der Waals surface area contributed by atoms with Gasteiger partial charge in [-0.2, -0.15) is 5.10 Å². The van der Waals surface area contributed by atoms with Gasteiger partial charge in [-0.05, 0) is 62.6 Å². The van der Waals surface area contributed by atoms with Crippen molar-refractivity contribution in [1.82, 2.24) is 14.7 Å². The molecule has 2 aliphatic rings. The molecule has 3 unspecified atom stereocenters. The second-order valence-corrected chi connectivity index (χ2v) is 7.72. The highest BCUT2D eigenvalue weighted by Crippen LogP contribution is 2.37. The molecule has 0 bridgehead atoms. The molecular weight excluding hydrogens is 312 g/mol. The molecule has 2 heterocycles. The molecule has 4 rings (SSSR count). The maximum absolute atomic E-state index is 13.0. The average molecular weight is 338 g/mol. The normalized spacial score (nSPS) is 25.4. The highest BCUT2D eigenvalue weighted by Gasteiger charge is 2.43. The van der Waals surface area contributed by atoms with Gasteiger partial charge in [0.15, 0.2) is 0 Å². The van der Waals surface area contributed by atoms with E-state index in [1.165, 1.54) is 5.56 Å². The van der Waals surface area contributed by atoms with Crippen molar-refractivity contribution in [2.75, 3.05) is 13.1 Å². The van der Waals surface area contributed by atoms with Gasteiger partial charge >= 0.3 is 0 Å². The molecule has 2 N–H and O–H groups in total. The summed E-state index contributed by atoms with van der Waals surface area (Å²) in [4.78, 5) is 15.0. The number of benzene rings is 1. The van der Waals surface area contributed by atoms with Crippen molar-refractivity contribution in [2.45, 2.75) is 39.7 Å². The molecule has 132 valence electrons. The van der Waals surface area contributed by atoms with E-state index in [9.17, 15) is 4.79 Å². The molecule has 2 aromatic rings. The lowest BCUT2D eigenvalue weighted by molar-refractivity contribution is 0.0779. The Hall–Kier alpha value is -2.14. The number of carbonyl (C=O) groups is 1. The quantitative estimate of drug-likeness (QED) is 0.915. The van der Waals surface area contributed by atoms with Crippen molar-refractivity contribution >= 4 is 5.91 Å². The molecule has 1 saturated heterocycles. The molecule has 1 aliphatic carbocycles. The van der Waals surface area contributed by atoms with E-state index in [1.807, 2.05) is 16.5 Å². The Morgan fingerprint density at radius 3 is 2.76 bits per heavy atom. The number of nitrogens with zero attached hydrogens (tertiary/aromatic N) is 3. The Bertz CT molecular complexity index is 825. The van der Waals surface area contributed by atoms with E-state index < -0.39 is 0 Å². The molecule has 5 heteroatoms. The molecule has 1 aromatic heterocycles. The number of fused-ring (bicyclic) bond motifs is 1. The molecule has 1 aliphatic heterocycles. The van der Waals surface area contributed by atoms with E-state index in [2.05, 4.69) is 37.1 Å². The van der Waals surface area contributed by atoms with Crippen molar-refractivity contribution < 1.29 is 4.79 Å². The van der Waals surface area contributed by atoms with Gasteiger partial charge in [0.05, 0.1) is 23.1 Å². The van der Waals surface area contributed by atoms with E-state index in [0.29, 0.717) is 17.4 Å². The second-order valence-electron chi connectivity index (χ2n) is 7.72. The number of carbonyl (C=O) groups excluding carboxylic acids is 1. The maximum atomic E-state index is 13.0. The zero-order chi connectivity index (χ0) is 17.7. The highest BCUT2D eigenvalue weighted by molar-refractivity contribution is 5.95. The number of hydrogen-bond donors (Lipinski definition) is 1. The summed E-state index contributed by atoms with van der Waals surface area (Å²) >= 11 is 0. The van der Waals surface area contributed by atoms with Crippen LogP contribution in [0, 0.1) is 32.6 Å². The maximum Gasteiger partial charge on any atom is 0.257 e. The summed E-state index contributed by atoms with van der Waals surface area (Å²) in [5.74, 6) is 1.14. The van der Waals surface area contributed by atoms with Crippen LogP contribution in [0.2, 0.25) is 0 Å². The lowest BCUT2D eigenvalue weighted by Crippen LogP contribution is -2.33. The standard InChI is InChI=1S/C20H26N4O/c1-12-4-5-13(2)19(8-12)24-14(3)16(9-22-24)20(25)23-10-15-6-7-18(21)17(15)11-23/h4-5,8-9,15,17-18H,6-7,10-11,21H2,1-3H3. The first-order valence-corrected chi connectivity index (χ1v) is 9.13. The number of rotatable bonds is 2. The van der Waals surface area contributed by atoms with Gasteiger partial charge < -0.3 is 10.6 Å². The number of hydrogen-bond acceptors (Lipinski definition) is 3. The monoisotopic (exact) mass is 338 g/mol. The highest BCUT2D eigenvalue weighted by atomic mass is 16.2. The van der Waals surface area contributed by atoms with Crippen molar-refractivity contribution in [3.05, 3.63) is 46.8 Å². The van der Waals surface area contributed by atoms with Crippen LogP contribution >= 0.6 is 0 Å². The Morgan fingerprint density at radius 2 is 2.00 bits per heavy atom. The third kappa shape index (κ3) is 2.67. The summed E-state index contributed by atoms with van der Waals surface area (Å²) < 4.78 is 1.89. The Labute approximate surface area is 148 Å². The molecule has 1 aromatic carbocycles. The van der Waals surface area contributed by atoms with Crippen molar-refractivity contribution in [3.8, 4) is 5.69 Å². The van der Waals surface area contributed by atoms with Gasteiger partial charge in [0, 0.05) is 19.1 Å². The number of amides is 1. The zero-order valence-electron chi connectivity index (χ0n) is 15.2. The van der Waals surface area contributed by atoms with Crippen molar-refractivity contribution in [3.63, 3.8) is 0 Å². The molecule has 3 atom stereocenters. The molecular formula is C20H26N4O. The minimum absolute atomic E-state index is 0.0932. The van der Waals surface area contributed by atoms with Gasteiger partial charge in [0.2, 0.25) is 0 Å². The fraction of sp³-hybridized carbons (Fsp3) is 0.500. The number of likely N-dealkylation sites (tertiary alicyclic amines) is 1. The van der Waals surface area contributed by atoms with Crippen LogP contribution in [0.1, 0.15) is 40.0 Å². The van der Waals surface area contributed by atoms with Gasteiger partial charge in [-0.3, -0.25) is 4.79 Å². The molecule has 1 saturated carbocycles. The third-order valence-electron chi connectivity index (χ3n) is 6.03. The average Bonchev–Trinajstić information content (AvgIpc) is 3.26. The lowest BCUT2D eigenvalue weighted by Gasteiger charge is -2.18. The smallest absolute Gasteiger partial charge is 0.257 e. The predicted octanol–water partition coefficient (Wildman–Crippen LogP) is 2.61. The molecule has 2 fully saturated rings. The Balaban J connectivity index is 1.61. The van der Waals surface area contributed by atoms with Crippen LogP contribution in [0.4, 0.5) is 0 Å². The summed E-state index contributed by atoms with van der Waals surface area (Å²) in [5.41, 5.74) is 11.2. The first-order valence-electron chi connectivity index (χ1n) is 9.13. The molecule has 0 radical (unpaired) electrons. The Kier molecular flexibility index (Phi) is 3.91. The van der Waals surface area contributed by atoms with Gasteiger partial charge in [-0.1, -0.05) is 12.1 Å². The van der Waals surface area contributed by atoms with E-state index in [4.69, 9.17) is 5.73 Å². The first kappa shape index (κ1) is 16.3. The van der Waals surface area contributed by atoms with Crippen LogP contribution < -0.4 is 5.73 Å². The van der Waals surface area contributed by atoms with Crippen molar-refractivity contribution in [2.24, 2.45) is 17.6 Å². The van der Waals surface area contributed by atoms with Crippen LogP contribution in [0.5, 0.6) is 0 Å². The third-order valence-corrected chi connectivity index (χ3v) is 6.03. The van der Waals surface area contributed by atoms with Crippen LogP contribution in [-0.4, -0.2) is 39.7 Å².